The summed E-state index contributed by atoms with van der Waals surface area (Å²) in [6.07, 6.45) is 4.18. The van der Waals surface area contributed by atoms with Crippen LogP contribution in [0.25, 0.3) is 21.8 Å². The monoisotopic (exact) mass is 1220 g/mol. The number of ether oxygens (including phenoxy) is 6. The summed E-state index contributed by atoms with van der Waals surface area (Å²) < 4.78 is 37.8. The molecule has 0 saturated carbocycles. The molecule has 476 valence electrons. The van der Waals surface area contributed by atoms with Gasteiger partial charge in [0.05, 0.1) is 83.7 Å². The van der Waals surface area contributed by atoms with Crippen molar-refractivity contribution in [2.75, 3.05) is 68.8 Å². The van der Waals surface area contributed by atoms with Gasteiger partial charge < -0.3 is 73.5 Å². The number of aromatic amines is 2. The van der Waals surface area contributed by atoms with Crippen LogP contribution in [0, 0.1) is 39.5 Å². The van der Waals surface area contributed by atoms with Crippen LogP contribution in [0.1, 0.15) is 117 Å². The number of nitrogens with zero attached hydrogens (tertiary/aromatic N) is 4. The summed E-state index contributed by atoms with van der Waals surface area (Å²) in [5.41, 5.74) is 14.4. The fourth-order valence-electron chi connectivity index (χ4n) is 12.9. The number of para-hydroxylation sites is 2. The average molecular weight is 1220 g/mol. The maximum Gasteiger partial charge on any atom is 0.338 e. The van der Waals surface area contributed by atoms with Gasteiger partial charge in [-0.05, 0) is 166 Å². The van der Waals surface area contributed by atoms with Crippen molar-refractivity contribution in [2.24, 2.45) is 17.6 Å². The minimum Gasteiger partial charge on any atom is -0.497 e. The molecule has 89 heavy (non-hydrogen) atoms. The highest BCUT2D eigenvalue weighted by Gasteiger charge is 2.35. The maximum absolute atomic E-state index is 13.7. The molecule has 2 saturated heterocycles. The van der Waals surface area contributed by atoms with Gasteiger partial charge in [0.25, 0.3) is 17.0 Å². The van der Waals surface area contributed by atoms with E-state index in [0.717, 1.165) is 100 Å². The number of benzene rings is 4. The molecule has 2 aliphatic rings. The summed E-state index contributed by atoms with van der Waals surface area (Å²) in [5, 5.41) is 14.5. The van der Waals surface area contributed by atoms with E-state index in [1.165, 1.54) is 14.2 Å². The van der Waals surface area contributed by atoms with Crippen LogP contribution in [0.3, 0.4) is 0 Å². The number of aromatic nitrogens is 4. The zero-order valence-corrected chi connectivity index (χ0v) is 53.7. The highest BCUT2D eigenvalue weighted by Crippen LogP contribution is 2.39. The first-order valence-electron chi connectivity index (χ1n) is 30.6. The Balaban J connectivity index is 0.000000199. The van der Waals surface area contributed by atoms with Gasteiger partial charge in [-0.3, -0.25) is 14.4 Å². The Morgan fingerprint density at radius 3 is 1.45 bits per heavy atom. The first-order valence-corrected chi connectivity index (χ1v) is 30.6. The Kier molecular flexibility index (Phi) is 23.1. The molecule has 2 fully saturated rings. The number of rotatable bonds is 21. The van der Waals surface area contributed by atoms with E-state index in [4.69, 9.17) is 34.2 Å². The van der Waals surface area contributed by atoms with E-state index in [-0.39, 0.29) is 42.2 Å². The number of hydrogen-bond donors (Lipinski definition) is 5. The quantitative estimate of drug-likeness (QED) is 0.0451. The Hall–Kier alpha value is -8.20. The number of nitrogens with two attached hydrogens (primary N) is 1. The van der Waals surface area contributed by atoms with Crippen LogP contribution in [0.15, 0.2) is 119 Å². The molecule has 2 aliphatic heterocycles. The van der Waals surface area contributed by atoms with Crippen molar-refractivity contribution in [1.29, 1.82) is 0 Å². The van der Waals surface area contributed by atoms with Gasteiger partial charge in [-0.2, -0.15) is 0 Å². The van der Waals surface area contributed by atoms with Crippen molar-refractivity contribution in [1.82, 2.24) is 34.2 Å². The lowest BCUT2D eigenvalue weighted by Gasteiger charge is -2.40. The first-order chi connectivity index (χ1) is 42.8. The molecule has 0 radical (unpaired) electrons. The number of hydrogen-bond acceptors (Lipinski definition) is 13. The van der Waals surface area contributed by atoms with E-state index in [9.17, 15) is 24.3 Å². The predicted octanol–water partition coefficient (Wildman–Crippen LogP) is 10.7. The van der Waals surface area contributed by atoms with Crippen molar-refractivity contribution >= 4 is 33.7 Å². The molecule has 19 nitrogen and oxygen atoms in total. The Morgan fingerprint density at radius 2 is 1.02 bits per heavy atom. The van der Waals surface area contributed by atoms with E-state index in [1.807, 2.05) is 105 Å². The van der Waals surface area contributed by atoms with Gasteiger partial charge in [0.1, 0.15) is 23.0 Å². The number of carbonyl (C=O) groups is 2. The fourth-order valence-corrected chi connectivity index (χ4v) is 12.9. The molecule has 6 N–H and O–H groups in total. The predicted molar refractivity (Wildman–Crippen MR) is 349 cm³/mol. The number of aromatic carboxylic acids is 1. The van der Waals surface area contributed by atoms with Gasteiger partial charge in [0.15, 0.2) is 0 Å². The molecule has 4 aromatic heterocycles. The fraction of sp³-hybridized carbons (Fsp3) is 0.429. The molecule has 0 aliphatic carbocycles. The molecule has 4 aromatic carbocycles. The number of likely N-dealkylation sites (tertiary alicyclic amines) is 2. The zero-order valence-electron chi connectivity index (χ0n) is 53.7. The van der Waals surface area contributed by atoms with Crippen LogP contribution < -0.4 is 41.1 Å². The number of fused-ring (bicyclic) bond motifs is 2. The number of piperidine rings is 2. The van der Waals surface area contributed by atoms with Crippen LogP contribution >= 0.6 is 0 Å². The number of carboxylic acid groups (broad SMARTS) is 1. The number of nitrogens with one attached hydrogen (secondary N) is 3. The Bertz CT molecular complexity index is 3800. The molecule has 1 amide bonds. The second-order valence-corrected chi connectivity index (χ2v) is 23.6. The molecule has 6 heterocycles. The number of carbonyl (C=O) groups excluding carboxylic acids is 1. The Labute approximate surface area is 522 Å². The third-order valence-corrected chi connectivity index (χ3v) is 18.0. The highest BCUT2D eigenvalue weighted by molar-refractivity contribution is 6.08. The third kappa shape index (κ3) is 15.8. The maximum atomic E-state index is 13.7. The lowest BCUT2D eigenvalue weighted by atomic mass is 9.86. The summed E-state index contributed by atoms with van der Waals surface area (Å²) >= 11 is 0. The minimum absolute atomic E-state index is 0.0687. The number of pyridine rings is 2. The van der Waals surface area contributed by atoms with Crippen molar-refractivity contribution in [2.45, 2.75) is 118 Å². The molecule has 0 bridgehead atoms. The van der Waals surface area contributed by atoms with Crippen molar-refractivity contribution in [3.8, 4) is 23.0 Å². The molecule has 19 heteroatoms. The van der Waals surface area contributed by atoms with Gasteiger partial charge in [-0.25, -0.2) is 4.79 Å². The summed E-state index contributed by atoms with van der Waals surface area (Å²) in [6.45, 7) is 16.8. The molecule has 10 rings (SSSR count). The third-order valence-electron chi connectivity index (χ3n) is 18.0. The van der Waals surface area contributed by atoms with Crippen LogP contribution in [0.2, 0.25) is 0 Å². The molecule has 6 atom stereocenters. The van der Waals surface area contributed by atoms with Gasteiger partial charge in [0.2, 0.25) is 0 Å². The SMILES string of the molecule is COc1cc(C)[nH]c(=O)c1CN.COc1ccc(COCC2CC(C(C)n3c(C)c(C(=O)NCc4c(OC)cc(C)[nH]c4=O)c4ccccc43)CCN2C)cc1.COc1ccc(COCC2CC(C(C)n3c(C)c(C(=O)O)c4ccccc43)CCN2C)cc1. The van der Waals surface area contributed by atoms with Crippen molar-refractivity contribution in [3.05, 3.63) is 186 Å². The summed E-state index contributed by atoms with van der Waals surface area (Å²) in [7, 11) is 10.7. The summed E-state index contributed by atoms with van der Waals surface area (Å²) in [4.78, 5) is 59.8. The number of carboxylic acids is 1. The smallest absolute Gasteiger partial charge is 0.338 e. The lowest BCUT2D eigenvalue weighted by molar-refractivity contribution is 0.0234. The highest BCUT2D eigenvalue weighted by atomic mass is 16.5. The lowest BCUT2D eigenvalue weighted by Crippen LogP contribution is -2.44. The number of likely N-dealkylation sites (N-methyl/N-ethyl adjacent to an activating group) is 2. The molecular weight excluding hydrogens is 1130 g/mol. The van der Waals surface area contributed by atoms with E-state index < -0.39 is 5.97 Å². The molecule has 6 unspecified atom stereocenters. The van der Waals surface area contributed by atoms with E-state index in [0.29, 0.717) is 89.8 Å². The standard InChI is InChI=1S/C35H44N4O5.C27H34N2O4.C8H12N2O2/c1-22-17-32(43-6)30(34(40)37-22)19-36-35(41)33-24(3)39(31-10-8-7-9-29(31)33)23(2)26-15-16-38(4)27(18-26)21-44-20-25-11-13-28(42-5)14-12-25;1-18(29-19(2)26(27(30)31)24-7-5-6-8-25(24)29)21-13-14-28(3)22(15-21)17-33-16-20-9-11-23(32-4)12-10-20;1-5-3-7(12-2)6(4-9)8(11)10-5/h7-14,17,23,26-27H,15-16,18-21H2,1-6H3,(H,36,41)(H,37,40);5-12,18,21-22H,13-17H2,1-4H3,(H,30,31);3H,4,9H2,1-2H3,(H,10,11). The second kappa shape index (κ2) is 30.8. The van der Waals surface area contributed by atoms with Crippen molar-refractivity contribution in [3.63, 3.8) is 0 Å². The van der Waals surface area contributed by atoms with Gasteiger partial charge in [0, 0.05) is 75.3 Å². The van der Waals surface area contributed by atoms with Gasteiger partial charge in [-0.1, -0.05) is 60.7 Å². The number of amides is 1. The van der Waals surface area contributed by atoms with Gasteiger partial charge >= 0.3 is 5.97 Å². The zero-order chi connectivity index (χ0) is 64.1. The number of methoxy groups -OCH3 is 4. The van der Waals surface area contributed by atoms with Crippen LogP contribution in [0.4, 0.5) is 0 Å². The molecule has 0 spiro atoms. The van der Waals surface area contributed by atoms with E-state index in [1.54, 1.807) is 40.2 Å². The summed E-state index contributed by atoms with van der Waals surface area (Å²) in [5.74, 6) is 2.51. The van der Waals surface area contributed by atoms with E-state index >= 15 is 0 Å². The first kappa shape index (κ1) is 66.7. The minimum atomic E-state index is -0.858. The van der Waals surface area contributed by atoms with Crippen LogP contribution in [-0.2, 0) is 35.8 Å². The summed E-state index contributed by atoms with van der Waals surface area (Å²) in [6, 6.07) is 36.5. The average Bonchev–Trinajstić information content (AvgIpc) is 1.67. The van der Waals surface area contributed by atoms with Crippen LogP contribution in [-0.4, -0.2) is 127 Å². The number of H-pyrrole nitrogens is 2. The molecule has 8 aromatic rings. The van der Waals surface area contributed by atoms with Crippen LogP contribution in [0.5, 0.6) is 23.0 Å². The topological polar surface area (TPSA) is 230 Å². The van der Waals surface area contributed by atoms with Crippen molar-refractivity contribution < 1.29 is 43.1 Å². The Morgan fingerprint density at radius 1 is 0.607 bits per heavy atom. The second-order valence-electron chi connectivity index (χ2n) is 23.6. The number of aryl methyl sites for hydroxylation is 2. The largest absolute Gasteiger partial charge is 0.497 e. The molecular formula is C70H90N8O11. The van der Waals surface area contributed by atoms with Gasteiger partial charge in [-0.15, -0.1) is 0 Å². The van der Waals surface area contributed by atoms with E-state index in [2.05, 4.69) is 68.2 Å². The normalized spacial score (nSPS) is 17.6.